The molecule has 0 unspecified atom stereocenters. The van der Waals surface area contributed by atoms with Crippen LogP contribution < -0.4 is 10.6 Å². The molecular formula is C17H15N3S. The highest BCUT2D eigenvalue weighted by molar-refractivity contribution is 7.80. The minimum atomic E-state index is 0.407. The number of nitrogens with two attached hydrogens (primary N) is 1. The molecule has 1 aromatic heterocycles. The first kappa shape index (κ1) is 13.5. The smallest absolute Gasteiger partial charge is 0.104 e. The van der Waals surface area contributed by atoms with Crippen LogP contribution >= 0.6 is 12.2 Å². The molecule has 0 amide bonds. The average molecular weight is 293 g/mol. The van der Waals surface area contributed by atoms with Gasteiger partial charge in [-0.1, -0.05) is 42.5 Å². The predicted molar refractivity (Wildman–Crippen MR) is 92.1 cm³/mol. The SMILES string of the molecule is CN(c1cccc(C(N)=S)c1)c1ccnc2ccccc12. The van der Waals surface area contributed by atoms with Crippen molar-refractivity contribution in [3.63, 3.8) is 0 Å². The van der Waals surface area contributed by atoms with Crippen molar-refractivity contribution < 1.29 is 0 Å². The van der Waals surface area contributed by atoms with Crippen molar-refractivity contribution in [3.8, 4) is 0 Å². The van der Waals surface area contributed by atoms with Crippen LogP contribution in [0.3, 0.4) is 0 Å². The average Bonchev–Trinajstić information content (AvgIpc) is 2.53. The summed E-state index contributed by atoms with van der Waals surface area (Å²) in [5.74, 6) is 0. The Bertz CT molecular complexity index is 808. The number of anilines is 2. The lowest BCUT2D eigenvalue weighted by molar-refractivity contribution is 1.21. The van der Waals surface area contributed by atoms with Crippen molar-refractivity contribution in [2.24, 2.45) is 5.73 Å². The third-order valence-corrected chi connectivity index (χ3v) is 3.74. The molecule has 4 heteroatoms. The van der Waals surface area contributed by atoms with Gasteiger partial charge in [0.15, 0.2) is 0 Å². The summed E-state index contributed by atoms with van der Waals surface area (Å²) in [6, 6.07) is 18.0. The third-order valence-electron chi connectivity index (χ3n) is 3.51. The summed E-state index contributed by atoms with van der Waals surface area (Å²) in [5.41, 5.74) is 9.70. The molecule has 0 aliphatic rings. The molecule has 0 saturated carbocycles. The lowest BCUT2D eigenvalue weighted by Crippen LogP contribution is -2.13. The zero-order chi connectivity index (χ0) is 14.8. The van der Waals surface area contributed by atoms with E-state index in [1.165, 1.54) is 0 Å². The first-order valence-electron chi connectivity index (χ1n) is 6.64. The Morgan fingerprint density at radius 3 is 2.71 bits per heavy atom. The standard InChI is InChI=1S/C17H15N3S/c1-20(13-6-4-5-12(11-13)17(18)21)16-9-10-19-15-8-3-2-7-14(15)16/h2-11H,1H3,(H2,18,21). The zero-order valence-electron chi connectivity index (χ0n) is 11.7. The summed E-state index contributed by atoms with van der Waals surface area (Å²) >= 11 is 5.05. The molecule has 0 bridgehead atoms. The minimum absolute atomic E-state index is 0.407. The highest BCUT2D eigenvalue weighted by Gasteiger charge is 2.09. The van der Waals surface area contributed by atoms with Crippen molar-refractivity contribution in [2.75, 3.05) is 11.9 Å². The topological polar surface area (TPSA) is 42.1 Å². The molecule has 0 fully saturated rings. The normalized spacial score (nSPS) is 10.5. The van der Waals surface area contributed by atoms with E-state index in [0.29, 0.717) is 4.99 Å². The van der Waals surface area contributed by atoms with Gasteiger partial charge in [0.1, 0.15) is 4.99 Å². The van der Waals surface area contributed by atoms with Gasteiger partial charge in [-0.2, -0.15) is 0 Å². The summed E-state index contributed by atoms with van der Waals surface area (Å²) in [6.45, 7) is 0. The van der Waals surface area contributed by atoms with Gasteiger partial charge in [0.2, 0.25) is 0 Å². The summed E-state index contributed by atoms with van der Waals surface area (Å²) in [4.78, 5) is 6.92. The van der Waals surface area contributed by atoms with E-state index in [1.54, 1.807) is 0 Å². The van der Waals surface area contributed by atoms with Gasteiger partial charge in [0, 0.05) is 29.9 Å². The van der Waals surface area contributed by atoms with Crippen LogP contribution in [-0.4, -0.2) is 17.0 Å². The molecule has 104 valence electrons. The summed E-state index contributed by atoms with van der Waals surface area (Å²) in [7, 11) is 2.03. The van der Waals surface area contributed by atoms with Gasteiger partial charge >= 0.3 is 0 Å². The maximum absolute atomic E-state index is 5.71. The molecule has 3 aromatic rings. The van der Waals surface area contributed by atoms with E-state index < -0.39 is 0 Å². The summed E-state index contributed by atoms with van der Waals surface area (Å²) < 4.78 is 0. The second kappa shape index (κ2) is 5.50. The molecule has 0 aliphatic carbocycles. The molecule has 3 rings (SSSR count). The number of hydrogen-bond acceptors (Lipinski definition) is 3. The van der Waals surface area contributed by atoms with Gasteiger partial charge in [-0.3, -0.25) is 4.98 Å². The Labute approximate surface area is 129 Å². The number of hydrogen-bond donors (Lipinski definition) is 1. The first-order chi connectivity index (χ1) is 10.2. The number of para-hydroxylation sites is 1. The van der Waals surface area contributed by atoms with E-state index in [2.05, 4.69) is 16.0 Å². The molecule has 0 radical (unpaired) electrons. The van der Waals surface area contributed by atoms with E-state index >= 15 is 0 Å². The van der Waals surface area contributed by atoms with Crippen LogP contribution in [0.2, 0.25) is 0 Å². The van der Waals surface area contributed by atoms with Crippen LogP contribution in [0.5, 0.6) is 0 Å². The van der Waals surface area contributed by atoms with Crippen molar-refractivity contribution >= 4 is 39.5 Å². The Kier molecular flexibility index (Phi) is 3.54. The van der Waals surface area contributed by atoms with Crippen molar-refractivity contribution in [1.82, 2.24) is 4.98 Å². The number of benzene rings is 2. The number of fused-ring (bicyclic) bond motifs is 1. The molecule has 2 N–H and O–H groups in total. The highest BCUT2D eigenvalue weighted by atomic mass is 32.1. The zero-order valence-corrected chi connectivity index (χ0v) is 12.5. The lowest BCUT2D eigenvalue weighted by Gasteiger charge is -2.21. The van der Waals surface area contributed by atoms with Gasteiger partial charge in [-0.05, 0) is 24.3 Å². The van der Waals surface area contributed by atoms with Crippen molar-refractivity contribution in [1.29, 1.82) is 0 Å². The maximum atomic E-state index is 5.71. The monoisotopic (exact) mass is 293 g/mol. The second-order valence-corrected chi connectivity index (χ2v) is 5.26. The van der Waals surface area contributed by atoms with Crippen LogP contribution in [0.15, 0.2) is 60.8 Å². The van der Waals surface area contributed by atoms with Gasteiger partial charge in [0.25, 0.3) is 0 Å². The van der Waals surface area contributed by atoms with Gasteiger partial charge in [-0.25, -0.2) is 0 Å². The second-order valence-electron chi connectivity index (χ2n) is 4.82. The predicted octanol–water partition coefficient (Wildman–Crippen LogP) is 3.64. The Hall–Kier alpha value is -2.46. The molecule has 0 spiro atoms. The molecule has 3 nitrogen and oxygen atoms in total. The van der Waals surface area contributed by atoms with Gasteiger partial charge in [0.05, 0.1) is 11.2 Å². The fourth-order valence-corrected chi connectivity index (χ4v) is 2.51. The van der Waals surface area contributed by atoms with Crippen molar-refractivity contribution in [2.45, 2.75) is 0 Å². The van der Waals surface area contributed by atoms with E-state index in [1.807, 2.05) is 61.8 Å². The molecule has 0 aliphatic heterocycles. The molecule has 0 saturated heterocycles. The van der Waals surface area contributed by atoms with E-state index in [4.69, 9.17) is 18.0 Å². The van der Waals surface area contributed by atoms with Gasteiger partial charge in [-0.15, -0.1) is 0 Å². The molecule has 1 heterocycles. The fourth-order valence-electron chi connectivity index (χ4n) is 2.38. The maximum Gasteiger partial charge on any atom is 0.104 e. The summed E-state index contributed by atoms with van der Waals surface area (Å²) in [6.07, 6.45) is 1.82. The number of nitrogens with zero attached hydrogens (tertiary/aromatic N) is 2. The van der Waals surface area contributed by atoms with Crippen LogP contribution in [0.4, 0.5) is 11.4 Å². The van der Waals surface area contributed by atoms with Crippen LogP contribution in [0.1, 0.15) is 5.56 Å². The highest BCUT2D eigenvalue weighted by Crippen LogP contribution is 2.30. The van der Waals surface area contributed by atoms with E-state index in [0.717, 1.165) is 27.8 Å². The first-order valence-corrected chi connectivity index (χ1v) is 7.05. The Morgan fingerprint density at radius 2 is 1.90 bits per heavy atom. The fraction of sp³-hybridized carbons (Fsp3) is 0.0588. The van der Waals surface area contributed by atoms with Gasteiger partial charge < -0.3 is 10.6 Å². The third kappa shape index (κ3) is 2.58. The minimum Gasteiger partial charge on any atom is -0.389 e. The quantitative estimate of drug-likeness (QED) is 0.749. The number of rotatable bonds is 3. The summed E-state index contributed by atoms with van der Waals surface area (Å²) in [5, 5.41) is 1.11. The number of pyridine rings is 1. The van der Waals surface area contributed by atoms with E-state index in [9.17, 15) is 0 Å². The molecule has 0 atom stereocenters. The Morgan fingerprint density at radius 1 is 1.10 bits per heavy atom. The molecular weight excluding hydrogens is 278 g/mol. The number of thiocarbonyl (C=S) groups is 1. The van der Waals surface area contributed by atoms with Crippen LogP contribution in [0.25, 0.3) is 10.9 Å². The van der Waals surface area contributed by atoms with Crippen LogP contribution in [-0.2, 0) is 0 Å². The Balaban J connectivity index is 2.10. The molecule has 21 heavy (non-hydrogen) atoms. The molecule has 2 aromatic carbocycles. The largest absolute Gasteiger partial charge is 0.389 e. The van der Waals surface area contributed by atoms with E-state index in [-0.39, 0.29) is 0 Å². The lowest BCUT2D eigenvalue weighted by atomic mass is 10.1. The van der Waals surface area contributed by atoms with Crippen molar-refractivity contribution in [3.05, 3.63) is 66.4 Å². The number of aromatic nitrogens is 1. The van der Waals surface area contributed by atoms with Crippen LogP contribution in [0, 0.1) is 0 Å².